The molecule has 0 fully saturated rings. The van der Waals surface area contributed by atoms with Crippen LogP contribution in [0.2, 0.25) is 0 Å². The molecule has 0 aliphatic carbocycles. The van der Waals surface area contributed by atoms with Crippen LogP contribution in [0.25, 0.3) is 0 Å². The zero-order valence-corrected chi connectivity index (χ0v) is 11.4. The monoisotopic (exact) mass is 385 g/mol. The fourth-order valence-electron chi connectivity index (χ4n) is 1.20. The summed E-state index contributed by atoms with van der Waals surface area (Å²) in [4.78, 5) is 14.0. The Morgan fingerprint density at radius 1 is 1.30 bits per heavy atom. The van der Waals surface area contributed by atoms with E-state index in [1.165, 1.54) is 0 Å². The maximum atomic E-state index is 12.5. The van der Waals surface area contributed by atoms with E-state index >= 15 is 0 Å². The lowest BCUT2D eigenvalue weighted by Crippen LogP contribution is -2.21. The third kappa shape index (κ3) is 4.23. The van der Waals surface area contributed by atoms with Crippen molar-refractivity contribution in [3.63, 3.8) is 0 Å². The molecule has 3 nitrogen and oxygen atoms in total. The highest BCUT2D eigenvalue weighted by atomic mass is 79.9. The van der Waals surface area contributed by atoms with E-state index in [9.17, 15) is 31.1 Å². The third-order valence-corrected chi connectivity index (χ3v) is 2.62. The Hall–Kier alpha value is -1.03. The number of carbonyl (C=O) groups excluding carboxylic acids is 1. The number of aromatic nitrogens is 1. The van der Waals surface area contributed by atoms with Crippen LogP contribution in [0, 0.1) is 0 Å². The van der Waals surface area contributed by atoms with E-state index in [1.807, 2.05) is 0 Å². The molecule has 0 aliphatic heterocycles. The molecule has 0 aromatic carbocycles. The number of pyridine rings is 1. The molecule has 112 valence electrons. The van der Waals surface area contributed by atoms with Gasteiger partial charge < -0.3 is 4.74 Å². The highest BCUT2D eigenvalue weighted by Gasteiger charge is 2.38. The first kappa shape index (κ1) is 17.0. The van der Waals surface area contributed by atoms with Crippen LogP contribution >= 0.6 is 27.5 Å². The summed E-state index contributed by atoms with van der Waals surface area (Å²) in [5, 5.41) is -2.03. The van der Waals surface area contributed by atoms with Crippen LogP contribution < -0.4 is 4.74 Å². The van der Waals surface area contributed by atoms with E-state index in [-0.39, 0.29) is 6.07 Å². The van der Waals surface area contributed by atoms with Crippen molar-refractivity contribution in [2.24, 2.45) is 0 Å². The number of nitrogens with zero attached hydrogens (tertiary/aromatic N) is 1. The van der Waals surface area contributed by atoms with Gasteiger partial charge in [0.2, 0.25) is 0 Å². The molecule has 0 saturated carbocycles. The van der Waals surface area contributed by atoms with Crippen LogP contribution in [-0.2, 0) is 11.5 Å². The van der Waals surface area contributed by atoms with Crippen LogP contribution in [0.1, 0.15) is 21.7 Å². The lowest BCUT2D eigenvalue weighted by molar-refractivity contribution is -0.275. The first-order valence-electron chi connectivity index (χ1n) is 4.58. The van der Waals surface area contributed by atoms with E-state index in [4.69, 9.17) is 11.6 Å². The Labute approximate surface area is 121 Å². The molecule has 0 aliphatic rings. The summed E-state index contributed by atoms with van der Waals surface area (Å²) in [6, 6.07) is 0.0998. The van der Waals surface area contributed by atoms with Crippen LogP contribution in [0.15, 0.2) is 6.07 Å². The highest BCUT2D eigenvalue weighted by molar-refractivity contribution is 9.08. The Kier molecular flexibility index (Phi) is 4.90. The predicted octanol–water partition coefficient (Wildman–Crippen LogP) is 4.27. The Bertz CT molecular complexity index is 530. The molecule has 0 amide bonds. The van der Waals surface area contributed by atoms with Gasteiger partial charge in [-0.15, -0.1) is 13.2 Å². The largest absolute Gasteiger partial charge is 0.573 e. The summed E-state index contributed by atoms with van der Waals surface area (Å²) in [6.45, 7) is 0. The molecule has 20 heavy (non-hydrogen) atoms. The second-order valence-electron chi connectivity index (χ2n) is 3.28. The molecule has 0 N–H and O–H groups in total. The summed E-state index contributed by atoms with van der Waals surface area (Å²) >= 11 is 7.66. The molecule has 1 aromatic rings. The topological polar surface area (TPSA) is 39.2 Å². The molecule has 0 radical (unpaired) electrons. The predicted molar refractivity (Wildman–Crippen MR) is 58.7 cm³/mol. The SMILES string of the molecule is O=C(Cl)c1cc(C(F)(F)F)nc(CBr)c1OC(F)(F)F. The summed E-state index contributed by atoms with van der Waals surface area (Å²) in [7, 11) is 0. The maximum Gasteiger partial charge on any atom is 0.573 e. The normalized spacial score (nSPS) is 12.4. The van der Waals surface area contributed by atoms with Gasteiger partial charge >= 0.3 is 12.5 Å². The Balaban J connectivity index is 3.53. The second-order valence-corrected chi connectivity index (χ2v) is 4.19. The van der Waals surface area contributed by atoms with Gasteiger partial charge in [0.05, 0.1) is 11.3 Å². The van der Waals surface area contributed by atoms with E-state index in [0.717, 1.165) is 0 Å². The average Bonchev–Trinajstić information content (AvgIpc) is 2.25. The zero-order chi connectivity index (χ0) is 15.7. The van der Waals surface area contributed by atoms with Crippen LogP contribution in [0.5, 0.6) is 5.75 Å². The van der Waals surface area contributed by atoms with Gasteiger partial charge in [0.1, 0.15) is 5.69 Å². The zero-order valence-electron chi connectivity index (χ0n) is 9.07. The van der Waals surface area contributed by atoms with Crippen molar-refractivity contribution in [1.29, 1.82) is 0 Å². The van der Waals surface area contributed by atoms with Crippen molar-refractivity contribution in [3.8, 4) is 5.75 Å². The number of halogens is 8. The lowest BCUT2D eigenvalue weighted by Gasteiger charge is -2.16. The minimum atomic E-state index is -5.21. The first-order valence-corrected chi connectivity index (χ1v) is 6.08. The summed E-state index contributed by atoms with van der Waals surface area (Å²) in [6.07, 6.45) is -10.2. The number of carbonyl (C=O) groups is 1. The molecule has 1 aromatic heterocycles. The number of rotatable bonds is 3. The molecular weight excluding hydrogens is 383 g/mol. The maximum absolute atomic E-state index is 12.5. The lowest BCUT2D eigenvalue weighted by atomic mass is 10.1. The molecule has 0 spiro atoms. The Morgan fingerprint density at radius 3 is 2.20 bits per heavy atom. The van der Waals surface area contributed by atoms with Crippen molar-refractivity contribution in [2.45, 2.75) is 17.9 Å². The van der Waals surface area contributed by atoms with Gasteiger partial charge in [-0.25, -0.2) is 4.98 Å². The van der Waals surface area contributed by atoms with E-state index in [1.54, 1.807) is 0 Å². The van der Waals surface area contributed by atoms with Gasteiger partial charge in [-0.05, 0) is 17.7 Å². The van der Waals surface area contributed by atoms with E-state index < -0.39 is 45.8 Å². The van der Waals surface area contributed by atoms with E-state index in [0.29, 0.717) is 0 Å². The van der Waals surface area contributed by atoms with E-state index in [2.05, 4.69) is 25.7 Å². The van der Waals surface area contributed by atoms with Gasteiger partial charge in [0.15, 0.2) is 5.75 Å². The van der Waals surface area contributed by atoms with Crippen molar-refractivity contribution in [2.75, 3.05) is 0 Å². The smallest absolute Gasteiger partial charge is 0.403 e. The van der Waals surface area contributed by atoms with Gasteiger partial charge in [-0.2, -0.15) is 13.2 Å². The van der Waals surface area contributed by atoms with Crippen molar-refractivity contribution < 1.29 is 35.9 Å². The molecule has 1 heterocycles. The van der Waals surface area contributed by atoms with Crippen LogP contribution in [0.3, 0.4) is 0 Å². The Morgan fingerprint density at radius 2 is 1.85 bits per heavy atom. The van der Waals surface area contributed by atoms with Gasteiger partial charge in [0, 0.05) is 5.33 Å². The molecule has 0 unspecified atom stereocenters. The van der Waals surface area contributed by atoms with Crippen molar-refractivity contribution in [1.82, 2.24) is 4.98 Å². The minimum absolute atomic E-state index is 0.0998. The fourth-order valence-corrected chi connectivity index (χ4v) is 1.72. The number of ether oxygens (including phenoxy) is 1. The van der Waals surface area contributed by atoms with Gasteiger partial charge in [-0.3, -0.25) is 4.79 Å². The molecule has 0 bridgehead atoms. The molecular formula is C9H3BrClF6NO2. The third-order valence-electron chi connectivity index (χ3n) is 1.89. The fraction of sp³-hybridized carbons (Fsp3) is 0.333. The van der Waals surface area contributed by atoms with Crippen LogP contribution in [0.4, 0.5) is 26.3 Å². The summed E-state index contributed by atoms with van der Waals surface area (Å²) in [5.41, 5.74) is -3.37. The highest BCUT2D eigenvalue weighted by Crippen LogP contribution is 2.36. The van der Waals surface area contributed by atoms with Gasteiger partial charge in [0.25, 0.3) is 5.24 Å². The molecule has 11 heteroatoms. The quantitative estimate of drug-likeness (QED) is 0.442. The number of hydrogen-bond donors (Lipinski definition) is 0. The molecule has 1 rings (SSSR count). The van der Waals surface area contributed by atoms with Crippen molar-refractivity contribution >= 4 is 32.8 Å². The molecule has 0 saturated heterocycles. The first-order chi connectivity index (χ1) is 8.95. The number of hydrogen-bond acceptors (Lipinski definition) is 3. The van der Waals surface area contributed by atoms with Gasteiger partial charge in [-0.1, -0.05) is 15.9 Å². The average molecular weight is 386 g/mol. The number of alkyl halides is 7. The van der Waals surface area contributed by atoms with Crippen LogP contribution in [-0.4, -0.2) is 16.6 Å². The van der Waals surface area contributed by atoms with Crippen molar-refractivity contribution in [3.05, 3.63) is 23.0 Å². The second kappa shape index (κ2) is 5.76. The summed E-state index contributed by atoms with van der Waals surface area (Å²) in [5.74, 6) is -1.16. The minimum Gasteiger partial charge on any atom is -0.403 e. The summed E-state index contributed by atoms with van der Waals surface area (Å²) < 4.78 is 77.7. The molecule has 0 atom stereocenters. The standard InChI is InChI=1S/C9H3BrClF6NO2/c10-2-4-6(20-9(15,16)17)3(7(11)19)1-5(18-4)8(12,13)14/h1H,2H2.